The molecule has 88 valence electrons. The van der Waals surface area contributed by atoms with Gasteiger partial charge in [-0.3, -0.25) is 4.79 Å². The SMILES string of the molecule is CC(C)(C)CNC(=O)c1cc(F)cnc1Cl. The molecule has 0 aromatic carbocycles. The number of hydrogen-bond acceptors (Lipinski definition) is 2. The van der Waals surface area contributed by atoms with Gasteiger partial charge in [0.15, 0.2) is 0 Å². The smallest absolute Gasteiger partial charge is 0.254 e. The van der Waals surface area contributed by atoms with E-state index in [0.29, 0.717) is 6.54 Å². The molecule has 0 radical (unpaired) electrons. The first kappa shape index (κ1) is 12.9. The summed E-state index contributed by atoms with van der Waals surface area (Å²) in [5.74, 6) is -0.989. The minimum atomic E-state index is -0.578. The van der Waals surface area contributed by atoms with E-state index < -0.39 is 11.7 Å². The van der Waals surface area contributed by atoms with Crippen molar-refractivity contribution in [2.75, 3.05) is 6.54 Å². The molecule has 0 aliphatic rings. The number of hydrogen-bond donors (Lipinski definition) is 1. The highest BCUT2D eigenvalue weighted by molar-refractivity contribution is 6.32. The first-order valence-corrected chi connectivity index (χ1v) is 5.26. The molecule has 1 rings (SSSR count). The van der Waals surface area contributed by atoms with Gasteiger partial charge in [0.2, 0.25) is 0 Å². The van der Waals surface area contributed by atoms with E-state index in [2.05, 4.69) is 10.3 Å². The molecule has 0 aliphatic carbocycles. The van der Waals surface area contributed by atoms with Crippen LogP contribution in [0.5, 0.6) is 0 Å². The highest BCUT2D eigenvalue weighted by Crippen LogP contribution is 2.15. The van der Waals surface area contributed by atoms with Crippen molar-refractivity contribution in [2.45, 2.75) is 20.8 Å². The van der Waals surface area contributed by atoms with Crippen LogP contribution in [0, 0.1) is 11.2 Å². The van der Waals surface area contributed by atoms with Crippen molar-refractivity contribution in [1.82, 2.24) is 10.3 Å². The zero-order valence-corrected chi connectivity index (χ0v) is 10.2. The Labute approximate surface area is 99.0 Å². The number of carbonyl (C=O) groups excluding carboxylic acids is 1. The van der Waals surface area contributed by atoms with Crippen molar-refractivity contribution in [2.24, 2.45) is 5.41 Å². The van der Waals surface area contributed by atoms with Gasteiger partial charge in [-0.05, 0) is 11.5 Å². The van der Waals surface area contributed by atoms with E-state index in [-0.39, 0.29) is 16.1 Å². The molecular formula is C11H14ClFN2O. The molecule has 0 bridgehead atoms. The van der Waals surface area contributed by atoms with Gasteiger partial charge in [0.25, 0.3) is 5.91 Å². The molecular weight excluding hydrogens is 231 g/mol. The lowest BCUT2D eigenvalue weighted by molar-refractivity contribution is 0.0938. The van der Waals surface area contributed by atoms with Crippen LogP contribution in [-0.2, 0) is 0 Å². The quantitative estimate of drug-likeness (QED) is 0.813. The maximum atomic E-state index is 12.9. The molecule has 1 amide bonds. The van der Waals surface area contributed by atoms with Gasteiger partial charge in [-0.1, -0.05) is 32.4 Å². The molecule has 3 nitrogen and oxygen atoms in total. The molecule has 0 aliphatic heterocycles. The average molecular weight is 245 g/mol. The number of rotatable bonds is 2. The Morgan fingerprint density at radius 2 is 2.19 bits per heavy atom. The summed E-state index contributed by atoms with van der Waals surface area (Å²) in [5.41, 5.74) is 0.0222. The third kappa shape index (κ3) is 3.77. The predicted octanol–water partition coefficient (Wildman–Crippen LogP) is 2.65. The van der Waals surface area contributed by atoms with E-state index >= 15 is 0 Å². The second-order valence-electron chi connectivity index (χ2n) is 4.74. The van der Waals surface area contributed by atoms with E-state index in [4.69, 9.17) is 11.6 Å². The third-order valence-electron chi connectivity index (χ3n) is 1.83. The van der Waals surface area contributed by atoms with Gasteiger partial charge in [0, 0.05) is 6.54 Å². The Hall–Kier alpha value is -1.16. The van der Waals surface area contributed by atoms with Crippen LogP contribution in [0.1, 0.15) is 31.1 Å². The Morgan fingerprint density at radius 1 is 1.56 bits per heavy atom. The number of nitrogens with zero attached hydrogens (tertiary/aromatic N) is 1. The summed E-state index contributed by atoms with van der Waals surface area (Å²) >= 11 is 5.70. The monoisotopic (exact) mass is 244 g/mol. The number of aromatic nitrogens is 1. The average Bonchev–Trinajstić information content (AvgIpc) is 2.17. The van der Waals surface area contributed by atoms with E-state index in [1.54, 1.807) is 0 Å². The molecule has 1 aromatic rings. The lowest BCUT2D eigenvalue weighted by Gasteiger charge is -2.18. The first-order chi connectivity index (χ1) is 7.29. The standard InChI is InChI=1S/C11H14ClFN2O/c1-11(2,3)6-15-10(16)8-4-7(13)5-14-9(8)12/h4-5H,6H2,1-3H3,(H,15,16). The molecule has 0 saturated heterocycles. The Balaban J connectivity index is 2.77. The van der Waals surface area contributed by atoms with Crippen LogP contribution >= 0.6 is 11.6 Å². The third-order valence-corrected chi connectivity index (χ3v) is 2.13. The molecule has 1 aromatic heterocycles. The van der Waals surface area contributed by atoms with E-state index in [9.17, 15) is 9.18 Å². The predicted molar refractivity (Wildman–Crippen MR) is 61.0 cm³/mol. The van der Waals surface area contributed by atoms with Gasteiger partial charge in [0.1, 0.15) is 11.0 Å². The number of halogens is 2. The van der Waals surface area contributed by atoms with Gasteiger partial charge in [-0.2, -0.15) is 0 Å². The summed E-state index contributed by atoms with van der Waals surface area (Å²) in [4.78, 5) is 15.2. The van der Waals surface area contributed by atoms with Gasteiger partial charge in [-0.25, -0.2) is 9.37 Å². The second kappa shape index (κ2) is 4.78. The molecule has 5 heteroatoms. The Morgan fingerprint density at radius 3 is 2.75 bits per heavy atom. The fraction of sp³-hybridized carbons (Fsp3) is 0.455. The molecule has 0 unspecified atom stereocenters. The molecule has 1 heterocycles. The van der Waals surface area contributed by atoms with Crippen LogP contribution in [0.2, 0.25) is 5.15 Å². The van der Waals surface area contributed by atoms with Crippen LogP contribution in [0.4, 0.5) is 4.39 Å². The number of pyridine rings is 1. The van der Waals surface area contributed by atoms with Crippen molar-refractivity contribution < 1.29 is 9.18 Å². The van der Waals surface area contributed by atoms with Crippen LogP contribution < -0.4 is 5.32 Å². The molecule has 16 heavy (non-hydrogen) atoms. The summed E-state index contributed by atoms with van der Waals surface area (Å²) < 4.78 is 12.9. The van der Waals surface area contributed by atoms with Crippen molar-refractivity contribution in [3.05, 3.63) is 28.8 Å². The maximum Gasteiger partial charge on any atom is 0.254 e. The van der Waals surface area contributed by atoms with Crippen LogP contribution in [0.3, 0.4) is 0 Å². The van der Waals surface area contributed by atoms with Gasteiger partial charge in [-0.15, -0.1) is 0 Å². The fourth-order valence-electron chi connectivity index (χ4n) is 1.02. The maximum absolute atomic E-state index is 12.9. The zero-order valence-electron chi connectivity index (χ0n) is 9.47. The zero-order chi connectivity index (χ0) is 12.3. The summed E-state index contributed by atoms with van der Waals surface area (Å²) in [6.07, 6.45) is 0.975. The lowest BCUT2D eigenvalue weighted by atomic mass is 9.97. The summed E-state index contributed by atoms with van der Waals surface area (Å²) in [6, 6.07) is 1.08. The highest BCUT2D eigenvalue weighted by Gasteiger charge is 2.16. The van der Waals surface area contributed by atoms with Crippen molar-refractivity contribution in [1.29, 1.82) is 0 Å². The van der Waals surface area contributed by atoms with Crippen LogP contribution in [0.15, 0.2) is 12.3 Å². The van der Waals surface area contributed by atoms with Gasteiger partial charge < -0.3 is 5.32 Å². The number of nitrogens with one attached hydrogen (secondary N) is 1. The number of amides is 1. The summed E-state index contributed by atoms with van der Waals surface area (Å²) in [7, 11) is 0. The summed E-state index contributed by atoms with van der Waals surface area (Å²) in [5, 5.41) is 2.68. The first-order valence-electron chi connectivity index (χ1n) is 4.89. The topological polar surface area (TPSA) is 42.0 Å². The number of carbonyl (C=O) groups is 1. The Bertz CT molecular complexity index is 401. The lowest BCUT2D eigenvalue weighted by Crippen LogP contribution is -2.32. The Kier molecular flexibility index (Phi) is 3.86. The van der Waals surface area contributed by atoms with Gasteiger partial charge in [0.05, 0.1) is 11.8 Å². The normalized spacial score (nSPS) is 11.3. The van der Waals surface area contributed by atoms with Crippen LogP contribution in [-0.4, -0.2) is 17.4 Å². The molecule has 0 atom stereocenters. The van der Waals surface area contributed by atoms with Crippen molar-refractivity contribution >= 4 is 17.5 Å². The molecule has 0 saturated carbocycles. The van der Waals surface area contributed by atoms with Crippen molar-refractivity contribution in [3.8, 4) is 0 Å². The second-order valence-corrected chi connectivity index (χ2v) is 5.09. The molecule has 0 spiro atoms. The van der Waals surface area contributed by atoms with Crippen LogP contribution in [0.25, 0.3) is 0 Å². The minimum Gasteiger partial charge on any atom is -0.351 e. The minimum absolute atomic E-state index is 0.00723. The molecule has 1 N–H and O–H groups in total. The van der Waals surface area contributed by atoms with Gasteiger partial charge >= 0.3 is 0 Å². The largest absolute Gasteiger partial charge is 0.351 e. The van der Waals surface area contributed by atoms with E-state index in [0.717, 1.165) is 12.3 Å². The molecule has 0 fully saturated rings. The fourth-order valence-corrected chi connectivity index (χ4v) is 1.21. The summed E-state index contributed by atoms with van der Waals surface area (Å²) in [6.45, 7) is 6.44. The van der Waals surface area contributed by atoms with E-state index in [1.165, 1.54) is 0 Å². The highest BCUT2D eigenvalue weighted by atomic mass is 35.5. The van der Waals surface area contributed by atoms with Crippen molar-refractivity contribution in [3.63, 3.8) is 0 Å². The van der Waals surface area contributed by atoms with E-state index in [1.807, 2.05) is 20.8 Å².